The number of piperidine rings is 1. The quantitative estimate of drug-likeness (QED) is 0.921. The van der Waals surface area contributed by atoms with Crippen molar-refractivity contribution in [3.63, 3.8) is 0 Å². The molecule has 2 atom stereocenters. The van der Waals surface area contributed by atoms with Crippen molar-refractivity contribution in [2.45, 2.75) is 31.9 Å². The van der Waals surface area contributed by atoms with Crippen molar-refractivity contribution in [2.75, 3.05) is 27.2 Å². The summed E-state index contributed by atoms with van der Waals surface area (Å²) in [4.78, 5) is 16.1. The molecule has 2 rings (SSSR count). The molecule has 0 spiro atoms. The number of carbonyl (C=O) groups excluding carboxylic acids is 1. The van der Waals surface area contributed by atoms with Gasteiger partial charge in [-0.15, -0.1) is 0 Å². The van der Waals surface area contributed by atoms with Crippen molar-refractivity contribution in [1.82, 2.24) is 9.80 Å². The Labute approximate surface area is 127 Å². The first kappa shape index (κ1) is 16.0. The number of likely N-dealkylation sites (N-methyl/N-ethyl adjacent to an activating group) is 1. The smallest absolute Gasteiger partial charge is 0.225 e. The molecule has 116 valence electrons. The number of aliphatic hydroxyl groups is 1. The summed E-state index contributed by atoms with van der Waals surface area (Å²) in [5, 5.41) is 11.2. The van der Waals surface area contributed by atoms with Crippen LogP contribution >= 0.6 is 0 Å². The zero-order chi connectivity index (χ0) is 15.6. The highest BCUT2D eigenvalue weighted by molar-refractivity contribution is 5.78. The van der Waals surface area contributed by atoms with Gasteiger partial charge in [0.05, 0.1) is 6.04 Å². The Morgan fingerprint density at radius 2 is 1.95 bits per heavy atom. The Kier molecular flexibility index (Phi) is 4.69. The van der Waals surface area contributed by atoms with E-state index in [1.165, 1.54) is 0 Å². The van der Waals surface area contributed by atoms with Crippen LogP contribution in [0.1, 0.15) is 25.8 Å². The Balaban J connectivity index is 2.27. The van der Waals surface area contributed by atoms with E-state index in [0.29, 0.717) is 19.5 Å². The van der Waals surface area contributed by atoms with Gasteiger partial charge in [0, 0.05) is 19.0 Å². The topological polar surface area (TPSA) is 43.8 Å². The molecule has 1 N–H and O–H groups in total. The van der Waals surface area contributed by atoms with Crippen molar-refractivity contribution in [3.05, 3.63) is 35.9 Å². The second-order valence-electron chi connectivity index (χ2n) is 6.46. The summed E-state index contributed by atoms with van der Waals surface area (Å²) in [6.45, 7) is 5.01. The van der Waals surface area contributed by atoms with Crippen molar-refractivity contribution >= 4 is 5.91 Å². The highest BCUT2D eigenvalue weighted by Crippen LogP contribution is 2.35. The number of likely N-dealkylation sites (tertiary alicyclic amines) is 1. The molecule has 0 aromatic heterocycles. The fourth-order valence-corrected chi connectivity index (χ4v) is 3.14. The molecule has 21 heavy (non-hydrogen) atoms. The lowest BCUT2D eigenvalue weighted by molar-refractivity contribution is -0.145. The largest absolute Gasteiger partial charge is 0.383 e. The molecule has 4 heteroatoms. The molecule has 0 saturated carbocycles. The predicted octanol–water partition coefficient (Wildman–Crippen LogP) is 1.69. The van der Waals surface area contributed by atoms with Gasteiger partial charge in [-0.05, 0) is 26.1 Å². The maximum absolute atomic E-state index is 12.2. The first-order valence-corrected chi connectivity index (χ1v) is 7.59. The van der Waals surface area contributed by atoms with E-state index in [-0.39, 0.29) is 17.9 Å². The molecular formula is C17H26N2O2. The third-order valence-electron chi connectivity index (χ3n) is 4.41. The fraction of sp³-hybridized carbons (Fsp3) is 0.588. The zero-order valence-corrected chi connectivity index (χ0v) is 13.4. The molecule has 1 fully saturated rings. The number of benzene rings is 1. The standard InChI is InChI=1S/C17H26N2O2/c1-13(2)16(20)19-11-10-17(21,15(12-19)18(3)4)14-8-6-5-7-9-14/h5-9,13,15,21H,10-12H2,1-4H3/t15-,17-/m1/s1. The lowest BCUT2D eigenvalue weighted by Gasteiger charge is -2.48. The van der Waals surface area contributed by atoms with Gasteiger partial charge in [0.2, 0.25) is 5.91 Å². The Bertz CT molecular complexity index is 487. The van der Waals surface area contributed by atoms with E-state index in [1.54, 1.807) is 0 Å². The van der Waals surface area contributed by atoms with E-state index in [4.69, 9.17) is 0 Å². The molecule has 1 aliphatic rings. The van der Waals surface area contributed by atoms with Gasteiger partial charge in [-0.2, -0.15) is 0 Å². The maximum atomic E-state index is 12.2. The van der Waals surface area contributed by atoms with Gasteiger partial charge < -0.3 is 14.9 Å². The Morgan fingerprint density at radius 3 is 2.48 bits per heavy atom. The van der Waals surface area contributed by atoms with Gasteiger partial charge in [0.15, 0.2) is 0 Å². The van der Waals surface area contributed by atoms with Crippen LogP contribution in [0.25, 0.3) is 0 Å². The molecule has 0 radical (unpaired) electrons. The average molecular weight is 290 g/mol. The fourth-order valence-electron chi connectivity index (χ4n) is 3.14. The minimum absolute atomic E-state index is 0.00395. The second-order valence-corrected chi connectivity index (χ2v) is 6.46. The molecule has 1 aromatic rings. The maximum Gasteiger partial charge on any atom is 0.225 e. The van der Waals surface area contributed by atoms with E-state index in [1.807, 2.05) is 68.1 Å². The number of hydrogen-bond acceptors (Lipinski definition) is 3. The van der Waals surface area contributed by atoms with E-state index in [2.05, 4.69) is 0 Å². The average Bonchev–Trinajstić information content (AvgIpc) is 2.47. The Morgan fingerprint density at radius 1 is 1.33 bits per heavy atom. The molecule has 0 aliphatic carbocycles. The first-order valence-electron chi connectivity index (χ1n) is 7.59. The summed E-state index contributed by atoms with van der Waals surface area (Å²) < 4.78 is 0. The zero-order valence-electron chi connectivity index (χ0n) is 13.4. The van der Waals surface area contributed by atoms with E-state index in [9.17, 15) is 9.90 Å². The summed E-state index contributed by atoms with van der Waals surface area (Å²) in [7, 11) is 3.92. The van der Waals surface area contributed by atoms with Crippen LogP contribution in [-0.2, 0) is 10.4 Å². The van der Waals surface area contributed by atoms with Crippen molar-refractivity contribution < 1.29 is 9.90 Å². The number of hydrogen-bond donors (Lipinski definition) is 1. The van der Waals surface area contributed by atoms with Crippen molar-refractivity contribution in [2.24, 2.45) is 5.92 Å². The van der Waals surface area contributed by atoms with Crippen molar-refractivity contribution in [1.29, 1.82) is 0 Å². The lowest BCUT2D eigenvalue weighted by atomic mass is 9.79. The van der Waals surface area contributed by atoms with Crippen LogP contribution in [0.15, 0.2) is 30.3 Å². The van der Waals surface area contributed by atoms with Gasteiger partial charge in [0.1, 0.15) is 5.60 Å². The van der Waals surface area contributed by atoms with Crippen LogP contribution in [0.3, 0.4) is 0 Å². The lowest BCUT2D eigenvalue weighted by Crippen LogP contribution is -2.60. The van der Waals surface area contributed by atoms with Crippen LogP contribution < -0.4 is 0 Å². The van der Waals surface area contributed by atoms with Crippen LogP contribution in [0.5, 0.6) is 0 Å². The van der Waals surface area contributed by atoms with Gasteiger partial charge in [-0.25, -0.2) is 0 Å². The Hall–Kier alpha value is -1.39. The second kappa shape index (κ2) is 6.16. The number of nitrogens with zero attached hydrogens (tertiary/aromatic N) is 2. The van der Waals surface area contributed by atoms with Gasteiger partial charge in [-0.3, -0.25) is 4.79 Å². The summed E-state index contributed by atoms with van der Waals surface area (Å²) in [6.07, 6.45) is 0.568. The minimum atomic E-state index is -0.904. The normalized spacial score (nSPS) is 26.4. The number of carbonyl (C=O) groups is 1. The molecule has 1 aliphatic heterocycles. The number of amides is 1. The molecule has 1 aromatic carbocycles. The summed E-state index contributed by atoms with van der Waals surface area (Å²) in [5.41, 5.74) is 0.0266. The molecule has 4 nitrogen and oxygen atoms in total. The van der Waals surface area contributed by atoms with Gasteiger partial charge in [0.25, 0.3) is 0 Å². The molecule has 0 unspecified atom stereocenters. The highest BCUT2D eigenvalue weighted by Gasteiger charge is 2.45. The van der Waals surface area contributed by atoms with E-state index in [0.717, 1.165) is 5.56 Å². The van der Waals surface area contributed by atoms with Crippen LogP contribution in [0.2, 0.25) is 0 Å². The SMILES string of the molecule is CC(C)C(=O)N1CC[C@@](O)(c2ccccc2)[C@H](N(C)C)C1. The van der Waals surface area contributed by atoms with Gasteiger partial charge in [-0.1, -0.05) is 44.2 Å². The predicted molar refractivity (Wildman–Crippen MR) is 83.8 cm³/mol. The monoisotopic (exact) mass is 290 g/mol. The summed E-state index contributed by atoms with van der Waals surface area (Å²) in [5.74, 6) is 0.160. The van der Waals surface area contributed by atoms with Crippen LogP contribution in [0.4, 0.5) is 0 Å². The third-order valence-corrected chi connectivity index (χ3v) is 4.41. The number of rotatable bonds is 3. The third kappa shape index (κ3) is 3.11. The van der Waals surface area contributed by atoms with Crippen molar-refractivity contribution in [3.8, 4) is 0 Å². The molecule has 1 saturated heterocycles. The van der Waals surface area contributed by atoms with Crippen LogP contribution in [0, 0.1) is 5.92 Å². The van der Waals surface area contributed by atoms with E-state index >= 15 is 0 Å². The highest BCUT2D eigenvalue weighted by atomic mass is 16.3. The van der Waals surface area contributed by atoms with Crippen LogP contribution in [-0.4, -0.2) is 54.0 Å². The molecule has 1 amide bonds. The summed E-state index contributed by atoms with van der Waals surface area (Å²) >= 11 is 0. The van der Waals surface area contributed by atoms with Gasteiger partial charge >= 0.3 is 0 Å². The molecule has 1 heterocycles. The minimum Gasteiger partial charge on any atom is -0.383 e. The first-order chi connectivity index (χ1) is 9.86. The van der Waals surface area contributed by atoms with E-state index < -0.39 is 5.60 Å². The summed E-state index contributed by atoms with van der Waals surface area (Å²) in [6, 6.07) is 9.69. The molecular weight excluding hydrogens is 264 g/mol. The molecule has 0 bridgehead atoms.